The van der Waals surface area contributed by atoms with Crippen LogP contribution in [0.3, 0.4) is 0 Å². The van der Waals surface area contributed by atoms with Gasteiger partial charge < -0.3 is 0 Å². The summed E-state index contributed by atoms with van der Waals surface area (Å²) >= 11 is 0. The second kappa shape index (κ2) is 9.46. The van der Waals surface area contributed by atoms with E-state index in [2.05, 4.69) is 24.3 Å². The van der Waals surface area contributed by atoms with Gasteiger partial charge in [-0.2, -0.15) is 0 Å². The van der Waals surface area contributed by atoms with Crippen LogP contribution in [0.2, 0.25) is 0 Å². The first-order valence-corrected chi connectivity index (χ1v) is 15.5. The first-order chi connectivity index (χ1) is 21.2. The number of fused-ring (bicyclic) bond motifs is 1. The average Bonchev–Trinajstić information content (AvgIpc) is 3.45. The van der Waals surface area contributed by atoms with Crippen LogP contribution in [-0.2, 0) is 19.2 Å². The highest BCUT2D eigenvalue weighted by Gasteiger charge is 2.67. The molecule has 4 amide bonds. The summed E-state index contributed by atoms with van der Waals surface area (Å²) in [5, 5.41) is 0. The van der Waals surface area contributed by atoms with Crippen molar-refractivity contribution in [3.63, 3.8) is 0 Å². The van der Waals surface area contributed by atoms with Gasteiger partial charge in [0.25, 0.3) is 0 Å². The third-order valence-electron chi connectivity index (χ3n) is 11.1. The minimum Gasteiger partial charge on any atom is -0.274 e. The number of carbonyl (C=O) groups excluding carboxylic acids is 4. The molecule has 7 atom stereocenters. The molecule has 9 rings (SSSR count). The molecule has 2 saturated heterocycles. The van der Waals surface area contributed by atoms with E-state index >= 15 is 0 Å². The predicted molar refractivity (Wildman–Crippen MR) is 168 cm³/mol. The van der Waals surface area contributed by atoms with E-state index in [1.54, 1.807) is 0 Å². The lowest BCUT2D eigenvalue weighted by Crippen LogP contribution is -2.51. The topological polar surface area (TPSA) is 74.8 Å². The Morgan fingerprint density at radius 1 is 0.568 bits per heavy atom. The third kappa shape index (κ3) is 3.54. The van der Waals surface area contributed by atoms with Crippen molar-refractivity contribution in [1.82, 2.24) is 0 Å². The molecule has 2 heterocycles. The van der Waals surface area contributed by atoms with E-state index in [0.29, 0.717) is 17.8 Å². The van der Waals surface area contributed by atoms with E-state index in [0.717, 1.165) is 39.0 Å². The maximum absolute atomic E-state index is 14.4. The van der Waals surface area contributed by atoms with Crippen LogP contribution in [0, 0.1) is 69.1 Å². The molecule has 44 heavy (non-hydrogen) atoms. The van der Waals surface area contributed by atoms with E-state index in [1.807, 2.05) is 82.3 Å². The van der Waals surface area contributed by atoms with Crippen molar-refractivity contribution in [1.29, 1.82) is 0 Å². The number of hydrogen-bond donors (Lipinski definition) is 0. The van der Waals surface area contributed by atoms with Crippen molar-refractivity contribution in [3.8, 4) is 0 Å². The molecule has 6 aliphatic rings. The van der Waals surface area contributed by atoms with Crippen LogP contribution >= 0.6 is 0 Å². The monoisotopic (exact) mass is 582 g/mol. The summed E-state index contributed by atoms with van der Waals surface area (Å²) in [6.45, 7) is 7.99. The number of anilines is 2. The van der Waals surface area contributed by atoms with Crippen LogP contribution in [0.25, 0.3) is 5.57 Å². The van der Waals surface area contributed by atoms with Crippen LogP contribution in [0.1, 0.15) is 34.2 Å². The molecule has 4 aliphatic carbocycles. The predicted octanol–water partition coefficient (Wildman–Crippen LogP) is 6.12. The van der Waals surface area contributed by atoms with E-state index in [-0.39, 0.29) is 41.4 Å². The fourth-order valence-electron chi connectivity index (χ4n) is 8.75. The summed E-state index contributed by atoms with van der Waals surface area (Å²) in [6, 6.07) is 21.5. The quantitative estimate of drug-likeness (QED) is 0.276. The van der Waals surface area contributed by atoms with Gasteiger partial charge in [0.15, 0.2) is 0 Å². The van der Waals surface area contributed by atoms with E-state index < -0.39 is 23.7 Å². The van der Waals surface area contributed by atoms with Gasteiger partial charge in [-0.05, 0) is 97.7 Å². The van der Waals surface area contributed by atoms with Crippen LogP contribution in [0.15, 0.2) is 84.5 Å². The number of aryl methyl sites for hydroxylation is 4. The average molecular weight is 583 g/mol. The highest BCUT2D eigenvalue weighted by molar-refractivity contribution is 6.24. The Labute approximate surface area is 257 Å². The second-order valence-electron chi connectivity index (χ2n) is 13.3. The van der Waals surface area contributed by atoms with Gasteiger partial charge >= 0.3 is 0 Å². The van der Waals surface area contributed by atoms with Gasteiger partial charge in [-0.25, -0.2) is 4.90 Å². The highest BCUT2D eigenvalue weighted by atomic mass is 16.2. The largest absolute Gasteiger partial charge is 0.274 e. The summed E-state index contributed by atoms with van der Waals surface area (Å²) in [5.74, 6) is -3.93. The molecule has 6 nitrogen and oxygen atoms in total. The zero-order chi connectivity index (χ0) is 30.6. The van der Waals surface area contributed by atoms with Gasteiger partial charge in [0.05, 0.1) is 35.0 Å². The molecule has 3 aromatic rings. The molecule has 0 N–H and O–H groups in total. The van der Waals surface area contributed by atoms with Crippen LogP contribution in [0.4, 0.5) is 11.4 Å². The molecule has 3 aromatic carbocycles. The Kier molecular flexibility index (Phi) is 5.80. The Morgan fingerprint density at radius 2 is 1.14 bits per heavy atom. The molecule has 6 heteroatoms. The van der Waals surface area contributed by atoms with Gasteiger partial charge in [0, 0.05) is 11.8 Å². The van der Waals surface area contributed by atoms with E-state index in [4.69, 9.17) is 0 Å². The van der Waals surface area contributed by atoms with Crippen molar-refractivity contribution >= 4 is 40.6 Å². The number of benzene rings is 3. The maximum Gasteiger partial charge on any atom is 0.238 e. The lowest BCUT2D eigenvalue weighted by atomic mass is 9.49. The summed E-state index contributed by atoms with van der Waals surface area (Å²) < 4.78 is 0. The third-order valence-corrected chi connectivity index (χ3v) is 11.1. The number of allylic oxidation sites excluding steroid dienone is 4. The molecule has 220 valence electrons. The molecule has 0 radical (unpaired) electrons. The summed E-state index contributed by atoms with van der Waals surface area (Å²) in [6.07, 6.45) is 4.60. The number of nitrogens with zero attached hydrogens (tertiary/aromatic N) is 2. The lowest BCUT2D eigenvalue weighted by molar-refractivity contribution is -0.129. The molecule has 3 fully saturated rings. The van der Waals surface area contributed by atoms with Crippen LogP contribution in [-0.4, -0.2) is 23.6 Å². The van der Waals surface area contributed by atoms with Crippen LogP contribution in [0.5, 0.6) is 0 Å². The summed E-state index contributed by atoms with van der Waals surface area (Å²) in [4.78, 5) is 59.8. The zero-order valence-corrected chi connectivity index (χ0v) is 25.3. The highest BCUT2D eigenvalue weighted by Crippen LogP contribution is 2.63. The first-order valence-electron chi connectivity index (χ1n) is 15.5. The van der Waals surface area contributed by atoms with Gasteiger partial charge in [-0.3, -0.25) is 24.1 Å². The molecule has 2 bridgehead atoms. The van der Waals surface area contributed by atoms with Crippen molar-refractivity contribution in [2.75, 3.05) is 9.80 Å². The standard InChI is InChI=1S/C38H34N2O4/c1-19-10-12-24(16-21(19)3)39-35(41)29-18-28(23-8-6-5-7-9-23)30-26-14-15-27(31(30)34(29)38(39)44)33-32(26)36(42)40(37(33)43)25-13-11-20(2)22(4)17-25/h5-17,26-27,29,31-34H,18H2,1-4H3/t26-,27-,29-,31+,32-,33+,34-/m1/s1. The molecule has 2 aliphatic heterocycles. The number of imide groups is 2. The molecule has 0 spiro atoms. The zero-order valence-electron chi connectivity index (χ0n) is 25.3. The number of carbonyl (C=O) groups is 4. The van der Waals surface area contributed by atoms with Crippen molar-refractivity contribution in [3.05, 3.63) is 112 Å². The number of hydrogen-bond acceptors (Lipinski definition) is 4. The van der Waals surface area contributed by atoms with Crippen molar-refractivity contribution in [2.45, 2.75) is 34.1 Å². The maximum atomic E-state index is 14.4. The number of rotatable bonds is 3. The first kappa shape index (κ1) is 27.0. The lowest BCUT2D eigenvalue weighted by Gasteiger charge is -2.51. The van der Waals surface area contributed by atoms with Crippen LogP contribution < -0.4 is 9.80 Å². The van der Waals surface area contributed by atoms with Crippen molar-refractivity contribution in [2.24, 2.45) is 41.4 Å². The normalized spacial score (nSPS) is 30.3. The molecule has 1 saturated carbocycles. The Balaban J connectivity index is 1.28. The molecule has 0 unspecified atom stereocenters. The minimum atomic E-state index is -0.580. The number of amides is 4. The van der Waals surface area contributed by atoms with Gasteiger partial charge in [0.2, 0.25) is 23.6 Å². The summed E-state index contributed by atoms with van der Waals surface area (Å²) in [7, 11) is 0. The molecule has 0 aromatic heterocycles. The Hall–Kier alpha value is -4.58. The Morgan fingerprint density at radius 3 is 1.75 bits per heavy atom. The van der Waals surface area contributed by atoms with E-state index in [1.165, 1.54) is 9.80 Å². The van der Waals surface area contributed by atoms with Gasteiger partial charge in [-0.1, -0.05) is 60.2 Å². The fraction of sp³-hybridized carbons (Fsp3) is 0.316. The Bertz CT molecular complexity index is 1870. The van der Waals surface area contributed by atoms with Crippen molar-refractivity contribution < 1.29 is 19.2 Å². The second-order valence-corrected chi connectivity index (χ2v) is 13.3. The van der Waals surface area contributed by atoms with Gasteiger partial charge in [-0.15, -0.1) is 0 Å². The minimum absolute atomic E-state index is 0.173. The van der Waals surface area contributed by atoms with Gasteiger partial charge in [0.1, 0.15) is 0 Å². The van der Waals surface area contributed by atoms with E-state index in [9.17, 15) is 19.2 Å². The fourth-order valence-corrected chi connectivity index (χ4v) is 8.75. The molecular formula is C38H34N2O4. The molecular weight excluding hydrogens is 548 g/mol. The summed E-state index contributed by atoms with van der Waals surface area (Å²) in [5.41, 5.74) is 8.55. The smallest absolute Gasteiger partial charge is 0.238 e. The SMILES string of the molecule is Cc1ccc(N2C(=O)[C@H]3[C@@H]4C=C[C@H](C5=C(c6ccccc6)C[C@H]6C(=O)N(c7ccc(C)c(C)c7)C(=O)[C@H]6[C@H]54)[C@H]3C2=O)cc1C.